The van der Waals surface area contributed by atoms with E-state index in [-0.39, 0.29) is 4.90 Å². The van der Waals surface area contributed by atoms with E-state index in [1.54, 1.807) is 36.4 Å². The molecule has 2 aromatic carbocycles. The van der Waals surface area contributed by atoms with Crippen LogP contribution in [0.3, 0.4) is 0 Å². The Balaban J connectivity index is 2.41. The molecule has 0 N–H and O–H groups in total. The highest BCUT2D eigenvalue weighted by molar-refractivity contribution is 7.87. The van der Waals surface area contributed by atoms with Gasteiger partial charge in [0.1, 0.15) is 4.90 Å². The standard InChI is InChI=1S/C14H11F3O3S/c15-14(16,17)10-20-21(18,19)13-9-5-4-8-12(13)11-6-2-1-3-7-11/h1-9H,10H2. The minimum Gasteiger partial charge on any atom is -0.257 e. The smallest absolute Gasteiger partial charge is 0.257 e. The van der Waals surface area contributed by atoms with Crippen LogP contribution in [0.4, 0.5) is 13.2 Å². The summed E-state index contributed by atoms with van der Waals surface area (Å²) in [6.45, 7) is -1.85. The highest BCUT2D eigenvalue weighted by atomic mass is 32.2. The number of alkyl halides is 3. The predicted octanol–water partition coefficient (Wildman–Crippen LogP) is 3.62. The molecule has 112 valence electrons. The second-order valence-corrected chi connectivity index (χ2v) is 5.78. The van der Waals surface area contributed by atoms with Gasteiger partial charge in [-0.05, 0) is 11.6 Å². The second kappa shape index (κ2) is 5.87. The van der Waals surface area contributed by atoms with Crippen LogP contribution in [-0.2, 0) is 14.3 Å². The van der Waals surface area contributed by atoms with Gasteiger partial charge in [0, 0.05) is 5.56 Å². The first-order valence-electron chi connectivity index (χ1n) is 5.90. The topological polar surface area (TPSA) is 43.4 Å². The molecule has 7 heteroatoms. The lowest BCUT2D eigenvalue weighted by molar-refractivity contribution is -0.152. The number of rotatable bonds is 4. The van der Waals surface area contributed by atoms with E-state index in [9.17, 15) is 21.6 Å². The summed E-state index contributed by atoms with van der Waals surface area (Å²) in [6, 6.07) is 14.2. The molecule has 0 spiro atoms. The number of benzene rings is 2. The molecule has 0 amide bonds. The lowest BCUT2D eigenvalue weighted by atomic mass is 10.1. The summed E-state index contributed by atoms with van der Waals surface area (Å²) in [5.74, 6) is 0. The van der Waals surface area contributed by atoms with Gasteiger partial charge in [-0.25, -0.2) is 0 Å². The van der Waals surface area contributed by atoms with Crippen LogP contribution in [0.2, 0.25) is 0 Å². The van der Waals surface area contributed by atoms with Crippen molar-refractivity contribution in [2.45, 2.75) is 11.1 Å². The minimum absolute atomic E-state index is 0.291. The molecule has 0 unspecified atom stereocenters. The normalized spacial score (nSPS) is 12.3. The molecule has 0 atom stereocenters. The van der Waals surface area contributed by atoms with Crippen LogP contribution in [0.5, 0.6) is 0 Å². The molecule has 0 saturated carbocycles. The summed E-state index contributed by atoms with van der Waals surface area (Å²) in [7, 11) is -4.49. The summed E-state index contributed by atoms with van der Waals surface area (Å²) in [6.07, 6.45) is -4.71. The Labute approximate surface area is 120 Å². The maximum absolute atomic E-state index is 12.1. The first-order valence-corrected chi connectivity index (χ1v) is 7.31. The molecule has 2 rings (SSSR count). The van der Waals surface area contributed by atoms with Gasteiger partial charge in [0.05, 0.1) is 0 Å². The molecule has 0 fully saturated rings. The molecule has 0 aliphatic carbocycles. The molecule has 2 aromatic rings. The first kappa shape index (κ1) is 15.5. The highest BCUT2D eigenvalue weighted by Gasteiger charge is 2.32. The fourth-order valence-corrected chi connectivity index (χ4v) is 2.86. The third-order valence-corrected chi connectivity index (χ3v) is 3.94. The van der Waals surface area contributed by atoms with Crippen molar-refractivity contribution < 1.29 is 25.8 Å². The van der Waals surface area contributed by atoms with Crippen molar-refractivity contribution in [1.82, 2.24) is 0 Å². The van der Waals surface area contributed by atoms with E-state index in [0.717, 1.165) is 0 Å². The van der Waals surface area contributed by atoms with Gasteiger partial charge >= 0.3 is 6.18 Å². The summed E-state index contributed by atoms with van der Waals surface area (Å²) < 4.78 is 64.4. The fourth-order valence-electron chi connectivity index (χ4n) is 1.75. The molecule has 0 radical (unpaired) electrons. The Bertz CT molecular complexity index is 710. The zero-order valence-electron chi connectivity index (χ0n) is 10.7. The third kappa shape index (κ3) is 4.05. The quantitative estimate of drug-likeness (QED) is 0.809. The minimum atomic E-state index is -4.71. The van der Waals surface area contributed by atoms with E-state index in [0.29, 0.717) is 11.1 Å². The first-order chi connectivity index (χ1) is 9.80. The van der Waals surface area contributed by atoms with Crippen molar-refractivity contribution in [1.29, 1.82) is 0 Å². The van der Waals surface area contributed by atoms with Gasteiger partial charge in [0.15, 0.2) is 6.61 Å². The molecular weight excluding hydrogens is 305 g/mol. The lowest BCUT2D eigenvalue weighted by Crippen LogP contribution is -2.21. The molecule has 0 aliphatic heterocycles. The summed E-state index contributed by atoms with van der Waals surface area (Å²) in [5.41, 5.74) is 0.868. The van der Waals surface area contributed by atoms with Gasteiger partial charge in [-0.2, -0.15) is 21.6 Å². The zero-order chi connectivity index (χ0) is 15.5. The third-order valence-electron chi connectivity index (χ3n) is 2.62. The van der Waals surface area contributed by atoms with Crippen LogP contribution < -0.4 is 0 Å². The van der Waals surface area contributed by atoms with Crippen LogP contribution in [0.1, 0.15) is 0 Å². The SMILES string of the molecule is O=S(=O)(OCC(F)(F)F)c1ccccc1-c1ccccc1. The van der Waals surface area contributed by atoms with Crippen LogP contribution in [0.25, 0.3) is 11.1 Å². The van der Waals surface area contributed by atoms with Crippen LogP contribution >= 0.6 is 0 Å². The number of hydrogen-bond donors (Lipinski definition) is 0. The Kier molecular flexibility index (Phi) is 4.34. The molecule has 0 heterocycles. The van der Waals surface area contributed by atoms with Crippen LogP contribution in [0, 0.1) is 0 Å². The average molecular weight is 316 g/mol. The predicted molar refractivity (Wildman–Crippen MR) is 71.1 cm³/mol. The number of halogens is 3. The molecule has 21 heavy (non-hydrogen) atoms. The van der Waals surface area contributed by atoms with Gasteiger partial charge in [0.2, 0.25) is 0 Å². The fraction of sp³-hybridized carbons (Fsp3) is 0.143. The summed E-state index contributed by atoms with van der Waals surface area (Å²) in [4.78, 5) is -0.291. The van der Waals surface area contributed by atoms with E-state index in [1.165, 1.54) is 18.2 Å². The van der Waals surface area contributed by atoms with Crippen molar-refractivity contribution in [3.8, 4) is 11.1 Å². The van der Waals surface area contributed by atoms with E-state index in [2.05, 4.69) is 4.18 Å². The van der Waals surface area contributed by atoms with E-state index < -0.39 is 22.9 Å². The largest absolute Gasteiger partial charge is 0.413 e. The van der Waals surface area contributed by atoms with Gasteiger partial charge in [-0.1, -0.05) is 48.5 Å². The molecule has 0 aliphatic rings. The van der Waals surface area contributed by atoms with Crippen molar-refractivity contribution in [3.63, 3.8) is 0 Å². The lowest BCUT2D eigenvalue weighted by Gasteiger charge is -2.12. The van der Waals surface area contributed by atoms with Crippen molar-refractivity contribution >= 4 is 10.1 Å². The molecule has 3 nitrogen and oxygen atoms in total. The number of hydrogen-bond acceptors (Lipinski definition) is 3. The van der Waals surface area contributed by atoms with Crippen LogP contribution in [-0.4, -0.2) is 21.2 Å². The van der Waals surface area contributed by atoms with E-state index in [4.69, 9.17) is 0 Å². The van der Waals surface area contributed by atoms with Crippen LogP contribution in [0.15, 0.2) is 59.5 Å². The van der Waals surface area contributed by atoms with Gasteiger partial charge in [-0.15, -0.1) is 0 Å². The Morgan fingerprint density at radius 3 is 2.10 bits per heavy atom. The Morgan fingerprint density at radius 1 is 0.905 bits per heavy atom. The molecule has 0 bridgehead atoms. The molecule has 0 aromatic heterocycles. The molecule has 0 saturated heterocycles. The van der Waals surface area contributed by atoms with Gasteiger partial charge in [-0.3, -0.25) is 4.18 Å². The summed E-state index contributed by atoms with van der Waals surface area (Å²) >= 11 is 0. The van der Waals surface area contributed by atoms with E-state index in [1.807, 2.05) is 0 Å². The van der Waals surface area contributed by atoms with Gasteiger partial charge in [0.25, 0.3) is 10.1 Å². The van der Waals surface area contributed by atoms with Gasteiger partial charge < -0.3 is 0 Å². The monoisotopic (exact) mass is 316 g/mol. The maximum Gasteiger partial charge on any atom is 0.413 e. The van der Waals surface area contributed by atoms with Crippen molar-refractivity contribution in [2.24, 2.45) is 0 Å². The van der Waals surface area contributed by atoms with Crippen molar-refractivity contribution in [3.05, 3.63) is 54.6 Å². The average Bonchev–Trinajstić information content (AvgIpc) is 2.46. The van der Waals surface area contributed by atoms with Crippen molar-refractivity contribution in [2.75, 3.05) is 6.61 Å². The second-order valence-electron chi connectivity index (χ2n) is 4.19. The molecular formula is C14H11F3O3S. The Morgan fingerprint density at radius 2 is 1.48 bits per heavy atom. The highest BCUT2D eigenvalue weighted by Crippen LogP contribution is 2.29. The van der Waals surface area contributed by atoms with E-state index >= 15 is 0 Å². The zero-order valence-corrected chi connectivity index (χ0v) is 11.5. The Hall–Kier alpha value is -1.86. The maximum atomic E-state index is 12.1. The summed E-state index contributed by atoms with van der Waals surface area (Å²) in [5, 5.41) is 0.